The zero-order valence-electron chi connectivity index (χ0n) is 29.1. The molecule has 0 saturated carbocycles. The van der Waals surface area contributed by atoms with Gasteiger partial charge in [-0.25, -0.2) is 0 Å². The van der Waals surface area contributed by atoms with E-state index in [1.807, 2.05) is 11.8 Å². The van der Waals surface area contributed by atoms with Crippen molar-refractivity contribution < 1.29 is 0 Å². The highest BCUT2D eigenvalue weighted by Crippen LogP contribution is 2.63. The van der Waals surface area contributed by atoms with Crippen molar-refractivity contribution in [2.75, 3.05) is 4.90 Å². The van der Waals surface area contributed by atoms with E-state index in [-0.39, 0.29) is 5.41 Å². The Kier molecular flexibility index (Phi) is 6.22. The van der Waals surface area contributed by atoms with Crippen LogP contribution >= 0.6 is 11.8 Å². The Hall–Kier alpha value is -5.83. The van der Waals surface area contributed by atoms with Gasteiger partial charge in [0.2, 0.25) is 0 Å². The maximum Gasteiger partial charge on any atom is 0.0741 e. The largest absolute Gasteiger partial charge is 0.310 e. The maximum absolute atomic E-state index is 2.47. The van der Waals surface area contributed by atoms with Crippen molar-refractivity contribution in [1.82, 2.24) is 0 Å². The van der Waals surface area contributed by atoms with Gasteiger partial charge in [-0.05, 0) is 103 Å². The van der Waals surface area contributed by atoms with Crippen LogP contribution in [0.3, 0.4) is 0 Å². The summed E-state index contributed by atoms with van der Waals surface area (Å²) in [7, 11) is 0. The molecule has 2 heteroatoms. The summed E-state index contributed by atoms with van der Waals surface area (Å²) in [5.41, 5.74) is 16.5. The van der Waals surface area contributed by atoms with E-state index < -0.39 is 5.41 Å². The lowest BCUT2D eigenvalue weighted by atomic mass is 9.66. The highest BCUT2D eigenvalue weighted by molar-refractivity contribution is 7.99. The third-order valence-electron chi connectivity index (χ3n) is 11.9. The first-order chi connectivity index (χ1) is 25.6. The molecule has 1 heterocycles. The standard InChI is InChI=1S/C50H35NS/c1-49(2)40-21-9-6-17-34(40)37-28-27-33(31-44(37)49)51(32-15-4-3-5-16-32)45-25-14-20-39-38(45)29-30-47-48(39)50(43-24-12-13-26-46(43)52-47)41-22-10-7-18-35(41)36-19-8-11-23-42(36)50/h3-31H,1-2H3. The SMILES string of the molecule is CC1(C)c2ccccc2-c2ccc(N(c3ccccc3)c3cccc4c5c(ccc34)Sc3ccccc3C53c4ccccc4-c4ccccc43)cc21. The Morgan fingerprint density at radius 2 is 1.00 bits per heavy atom. The lowest BCUT2D eigenvalue weighted by Gasteiger charge is -2.41. The molecular formula is C50H35NS. The fourth-order valence-electron chi connectivity index (χ4n) is 9.74. The smallest absolute Gasteiger partial charge is 0.0741 e. The number of anilines is 3. The van der Waals surface area contributed by atoms with Crippen LogP contribution in [0.1, 0.15) is 47.2 Å². The molecule has 52 heavy (non-hydrogen) atoms. The topological polar surface area (TPSA) is 3.24 Å². The molecule has 0 bridgehead atoms. The Labute approximate surface area is 309 Å². The summed E-state index contributed by atoms with van der Waals surface area (Å²) >= 11 is 1.91. The molecule has 1 aliphatic heterocycles. The molecule has 8 aromatic carbocycles. The third-order valence-corrected chi connectivity index (χ3v) is 13.1. The average molecular weight is 682 g/mol. The molecule has 0 radical (unpaired) electrons. The van der Waals surface area contributed by atoms with E-state index in [1.165, 1.54) is 87.6 Å². The second-order valence-electron chi connectivity index (χ2n) is 14.8. The van der Waals surface area contributed by atoms with Crippen LogP contribution in [0.25, 0.3) is 33.0 Å². The van der Waals surface area contributed by atoms with Gasteiger partial charge in [-0.1, -0.05) is 159 Å². The molecule has 246 valence electrons. The summed E-state index contributed by atoms with van der Waals surface area (Å²) in [6.07, 6.45) is 0. The number of fused-ring (bicyclic) bond motifs is 14. The van der Waals surface area contributed by atoms with Gasteiger partial charge in [0.1, 0.15) is 0 Å². The second kappa shape index (κ2) is 10.8. The van der Waals surface area contributed by atoms with Crippen LogP contribution in [0.15, 0.2) is 186 Å². The molecule has 1 nitrogen and oxygen atoms in total. The maximum atomic E-state index is 2.47. The van der Waals surface area contributed by atoms with Gasteiger partial charge in [-0.2, -0.15) is 0 Å². The van der Waals surface area contributed by atoms with E-state index in [0.717, 1.165) is 5.69 Å². The van der Waals surface area contributed by atoms with Gasteiger partial charge < -0.3 is 4.90 Å². The first-order valence-corrected chi connectivity index (χ1v) is 19.0. The summed E-state index contributed by atoms with van der Waals surface area (Å²) in [5, 5.41) is 2.53. The van der Waals surface area contributed by atoms with Crippen LogP contribution in [-0.2, 0) is 10.8 Å². The van der Waals surface area contributed by atoms with Crippen molar-refractivity contribution in [3.63, 3.8) is 0 Å². The summed E-state index contributed by atoms with van der Waals surface area (Å²) in [5.74, 6) is 0. The number of rotatable bonds is 3. The second-order valence-corrected chi connectivity index (χ2v) is 15.9. The van der Waals surface area contributed by atoms with Crippen molar-refractivity contribution in [3.05, 3.63) is 209 Å². The Bertz CT molecular complexity index is 2710. The molecule has 0 amide bonds. The predicted molar refractivity (Wildman–Crippen MR) is 218 cm³/mol. The third kappa shape index (κ3) is 3.85. The first-order valence-electron chi connectivity index (χ1n) is 18.2. The highest BCUT2D eigenvalue weighted by atomic mass is 32.2. The number of hydrogen-bond acceptors (Lipinski definition) is 2. The first kappa shape index (κ1) is 29.9. The molecule has 0 atom stereocenters. The molecule has 1 spiro atoms. The van der Waals surface area contributed by atoms with Crippen LogP contribution in [0.5, 0.6) is 0 Å². The molecule has 0 N–H and O–H groups in total. The van der Waals surface area contributed by atoms with Crippen molar-refractivity contribution >= 4 is 39.6 Å². The molecule has 0 saturated heterocycles. The summed E-state index contributed by atoms with van der Waals surface area (Å²) < 4.78 is 0. The van der Waals surface area contributed by atoms with Gasteiger partial charge in [-0.3, -0.25) is 0 Å². The predicted octanol–water partition coefficient (Wildman–Crippen LogP) is 13.4. The fraction of sp³-hybridized carbons (Fsp3) is 0.0800. The van der Waals surface area contributed by atoms with Gasteiger partial charge in [0.15, 0.2) is 0 Å². The van der Waals surface area contributed by atoms with Crippen molar-refractivity contribution in [2.45, 2.75) is 34.5 Å². The zero-order valence-corrected chi connectivity index (χ0v) is 29.9. The fourth-order valence-corrected chi connectivity index (χ4v) is 11.0. The molecule has 2 aliphatic carbocycles. The van der Waals surface area contributed by atoms with Gasteiger partial charge in [0, 0.05) is 32.0 Å². The minimum atomic E-state index is -0.441. The molecule has 3 aliphatic rings. The zero-order chi connectivity index (χ0) is 34.6. The number of nitrogens with zero attached hydrogens (tertiary/aromatic N) is 1. The monoisotopic (exact) mass is 681 g/mol. The highest BCUT2D eigenvalue weighted by Gasteiger charge is 2.51. The van der Waals surface area contributed by atoms with E-state index in [1.54, 1.807) is 0 Å². The normalized spacial score (nSPS) is 15.0. The van der Waals surface area contributed by atoms with Crippen LogP contribution in [0.2, 0.25) is 0 Å². The van der Waals surface area contributed by atoms with Gasteiger partial charge >= 0.3 is 0 Å². The van der Waals surface area contributed by atoms with E-state index in [2.05, 4.69) is 195 Å². The summed E-state index contributed by atoms with van der Waals surface area (Å²) in [6.45, 7) is 4.73. The minimum absolute atomic E-state index is 0.0949. The van der Waals surface area contributed by atoms with Gasteiger partial charge in [0.05, 0.1) is 11.1 Å². The van der Waals surface area contributed by atoms with Crippen LogP contribution in [0.4, 0.5) is 17.1 Å². The number of hydrogen-bond donors (Lipinski definition) is 0. The van der Waals surface area contributed by atoms with Crippen molar-refractivity contribution in [2.24, 2.45) is 0 Å². The number of benzene rings is 8. The quantitative estimate of drug-likeness (QED) is 0.183. The average Bonchev–Trinajstić information content (AvgIpc) is 3.61. The minimum Gasteiger partial charge on any atom is -0.310 e. The van der Waals surface area contributed by atoms with Gasteiger partial charge in [0.25, 0.3) is 0 Å². The molecule has 8 aromatic rings. The van der Waals surface area contributed by atoms with Crippen LogP contribution < -0.4 is 4.90 Å². The number of para-hydroxylation sites is 1. The van der Waals surface area contributed by atoms with Crippen LogP contribution in [-0.4, -0.2) is 0 Å². The summed E-state index contributed by atoms with van der Waals surface area (Å²) in [4.78, 5) is 5.11. The van der Waals surface area contributed by atoms with Crippen molar-refractivity contribution in [1.29, 1.82) is 0 Å². The summed E-state index contributed by atoms with van der Waals surface area (Å²) in [6, 6.07) is 65.9. The molecule has 0 aromatic heterocycles. The Balaban J connectivity index is 1.20. The molecule has 11 rings (SSSR count). The molecule has 0 unspecified atom stereocenters. The van der Waals surface area contributed by atoms with Crippen LogP contribution in [0, 0.1) is 0 Å². The lowest BCUT2D eigenvalue weighted by Crippen LogP contribution is -2.32. The lowest BCUT2D eigenvalue weighted by molar-refractivity contribution is 0.660. The molecule has 0 fully saturated rings. The van der Waals surface area contributed by atoms with E-state index in [0.29, 0.717) is 0 Å². The Morgan fingerprint density at radius 3 is 1.73 bits per heavy atom. The molecular weight excluding hydrogens is 647 g/mol. The van der Waals surface area contributed by atoms with E-state index >= 15 is 0 Å². The van der Waals surface area contributed by atoms with Gasteiger partial charge in [-0.15, -0.1) is 0 Å². The van der Waals surface area contributed by atoms with E-state index in [9.17, 15) is 0 Å². The Morgan fingerprint density at radius 1 is 0.404 bits per heavy atom. The van der Waals surface area contributed by atoms with E-state index in [4.69, 9.17) is 0 Å². The van der Waals surface area contributed by atoms with Crippen molar-refractivity contribution in [3.8, 4) is 22.3 Å².